The molecule has 0 radical (unpaired) electrons. The highest BCUT2D eigenvalue weighted by molar-refractivity contribution is 9.10. The number of carbonyl (C=O) groups is 1. The van der Waals surface area contributed by atoms with Crippen molar-refractivity contribution in [3.05, 3.63) is 99.0 Å². The summed E-state index contributed by atoms with van der Waals surface area (Å²) in [7, 11) is 0. The van der Waals surface area contributed by atoms with Gasteiger partial charge in [0, 0.05) is 16.6 Å². The molecule has 0 unspecified atom stereocenters. The molecule has 0 atom stereocenters. The summed E-state index contributed by atoms with van der Waals surface area (Å²) in [5.41, 5.74) is 3.37. The number of rotatable bonds is 4. The Morgan fingerprint density at radius 2 is 1.72 bits per heavy atom. The molecular weight excluding hydrogens is 466 g/mol. The minimum atomic E-state index is -0.168. The molecule has 2 heterocycles. The van der Waals surface area contributed by atoms with Crippen molar-refractivity contribution in [2.24, 2.45) is 0 Å². The first-order chi connectivity index (χ1) is 15.6. The van der Waals surface area contributed by atoms with Crippen LogP contribution >= 0.6 is 15.9 Å². The van der Waals surface area contributed by atoms with E-state index in [1.165, 1.54) is 0 Å². The average molecular weight is 486 g/mol. The summed E-state index contributed by atoms with van der Waals surface area (Å²) >= 11 is 3.52. The zero-order valence-electron chi connectivity index (χ0n) is 17.5. The lowest BCUT2D eigenvalue weighted by Gasteiger charge is -2.15. The molecular formula is C26H20BrN3O2. The van der Waals surface area contributed by atoms with Gasteiger partial charge in [-0.05, 0) is 55.0 Å². The third-order valence-corrected chi connectivity index (χ3v) is 6.05. The number of anilines is 1. The van der Waals surface area contributed by atoms with Gasteiger partial charge < -0.3 is 4.90 Å². The molecule has 1 aliphatic rings. The van der Waals surface area contributed by atoms with E-state index in [9.17, 15) is 9.59 Å². The van der Waals surface area contributed by atoms with Gasteiger partial charge in [0.25, 0.3) is 11.5 Å². The molecule has 0 bridgehead atoms. The number of hydrogen-bond donors (Lipinski definition) is 0. The Labute approximate surface area is 193 Å². The van der Waals surface area contributed by atoms with Crippen molar-refractivity contribution in [1.29, 1.82) is 0 Å². The van der Waals surface area contributed by atoms with Gasteiger partial charge in [-0.1, -0.05) is 53.2 Å². The van der Waals surface area contributed by atoms with E-state index in [4.69, 9.17) is 4.98 Å². The van der Waals surface area contributed by atoms with Crippen LogP contribution in [0.3, 0.4) is 0 Å². The van der Waals surface area contributed by atoms with Crippen LogP contribution < -0.4 is 10.5 Å². The van der Waals surface area contributed by atoms with Crippen molar-refractivity contribution in [3.8, 4) is 5.69 Å². The van der Waals surface area contributed by atoms with Gasteiger partial charge in [0.2, 0.25) is 0 Å². The van der Waals surface area contributed by atoms with Gasteiger partial charge >= 0.3 is 0 Å². The Morgan fingerprint density at radius 1 is 0.969 bits per heavy atom. The fraction of sp³-hybridized carbons (Fsp3) is 0.115. The fourth-order valence-corrected chi connectivity index (χ4v) is 4.48. The van der Waals surface area contributed by atoms with Gasteiger partial charge in [-0.2, -0.15) is 0 Å². The minimum Gasteiger partial charge on any atom is -0.308 e. The van der Waals surface area contributed by atoms with Gasteiger partial charge in [-0.15, -0.1) is 0 Å². The molecule has 1 amide bonds. The van der Waals surface area contributed by atoms with Crippen LogP contribution in [0, 0.1) is 0 Å². The summed E-state index contributed by atoms with van der Waals surface area (Å²) in [5.74, 6) is 0.342. The quantitative estimate of drug-likeness (QED) is 0.361. The Balaban J connectivity index is 1.80. The summed E-state index contributed by atoms with van der Waals surface area (Å²) in [6, 6.07) is 22.5. The molecule has 0 N–H and O–H groups in total. The molecule has 0 fully saturated rings. The zero-order chi connectivity index (χ0) is 22.2. The topological polar surface area (TPSA) is 55.2 Å². The molecule has 1 aliphatic heterocycles. The van der Waals surface area contributed by atoms with Crippen LogP contribution in [0.4, 0.5) is 5.69 Å². The van der Waals surface area contributed by atoms with E-state index in [0.717, 1.165) is 22.1 Å². The maximum atomic E-state index is 13.5. The molecule has 0 saturated heterocycles. The van der Waals surface area contributed by atoms with Crippen molar-refractivity contribution in [3.63, 3.8) is 0 Å². The predicted octanol–water partition coefficient (Wildman–Crippen LogP) is 5.45. The molecule has 5 nitrogen and oxygen atoms in total. The van der Waals surface area contributed by atoms with Crippen LogP contribution in [-0.2, 0) is 4.79 Å². The number of aromatic nitrogens is 2. The second-order valence-electron chi connectivity index (χ2n) is 7.64. The number of benzene rings is 3. The summed E-state index contributed by atoms with van der Waals surface area (Å²) in [4.78, 5) is 33.4. The lowest BCUT2D eigenvalue weighted by Crippen LogP contribution is -2.27. The molecule has 5 rings (SSSR count). The first-order valence-corrected chi connectivity index (χ1v) is 11.3. The van der Waals surface area contributed by atoms with Gasteiger partial charge in [0.1, 0.15) is 5.82 Å². The highest BCUT2D eigenvalue weighted by Crippen LogP contribution is 2.39. The Hall–Kier alpha value is -3.51. The third kappa shape index (κ3) is 3.37. The van der Waals surface area contributed by atoms with Crippen LogP contribution in [0.1, 0.15) is 24.7 Å². The Morgan fingerprint density at radius 3 is 2.50 bits per heavy atom. The summed E-state index contributed by atoms with van der Waals surface area (Å²) in [6.45, 7) is 2.67. The normalized spacial score (nSPS) is 14.4. The molecule has 6 heteroatoms. The number of fused-ring (bicyclic) bond motifs is 2. The molecule has 0 aliphatic carbocycles. The number of hydrogen-bond acceptors (Lipinski definition) is 3. The van der Waals surface area contributed by atoms with Crippen LogP contribution in [0.15, 0.2) is 82.1 Å². The smallest absolute Gasteiger partial charge is 0.266 e. The van der Waals surface area contributed by atoms with E-state index < -0.39 is 0 Å². The lowest BCUT2D eigenvalue weighted by atomic mass is 10.1. The molecule has 3 aromatic carbocycles. The Bertz CT molecular complexity index is 1440. The SMILES string of the molecule is CCCN1C(=O)/C(=C/c2nc3ccccc3c(=O)n2-c2ccccc2)c2cc(Br)ccc21. The van der Waals surface area contributed by atoms with Crippen molar-refractivity contribution in [1.82, 2.24) is 9.55 Å². The lowest BCUT2D eigenvalue weighted by molar-refractivity contribution is -0.113. The molecule has 0 saturated carbocycles. The van der Waals surface area contributed by atoms with Crippen LogP contribution in [0.5, 0.6) is 0 Å². The standard InChI is InChI=1S/C26H20BrN3O2/c1-2-14-29-23-13-12-17(27)15-20(23)21(25(29)31)16-24-28-22-11-7-6-10-19(22)26(32)30(24)18-8-4-3-5-9-18/h3-13,15-16H,2,14H2,1H3/b21-16+. The fourth-order valence-electron chi connectivity index (χ4n) is 4.12. The second-order valence-corrected chi connectivity index (χ2v) is 8.56. The van der Waals surface area contributed by atoms with Gasteiger partial charge in [0.05, 0.1) is 27.9 Å². The monoisotopic (exact) mass is 485 g/mol. The highest BCUT2D eigenvalue weighted by atomic mass is 79.9. The molecule has 32 heavy (non-hydrogen) atoms. The number of nitrogens with zero attached hydrogens (tertiary/aromatic N) is 3. The number of carbonyl (C=O) groups excluding carboxylic acids is 1. The predicted molar refractivity (Wildman–Crippen MR) is 132 cm³/mol. The van der Waals surface area contributed by atoms with Crippen LogP contribution in [0.2, 0.25) is 0 Å². The zero-order valence-corrected chi connectivity index (χ0v) is 19.0. The number of halogens is 1. The van der Waals surface area contributed by atoms with E-state index >= 15 is 0 Å². The van der Waals surface area contributed by atoms with E-state index in [2.05, 4.69) is 15.9 Å². The van der Waals surface area contributed by atoms with Gasteiger partial charge in [-0.25, -0.2) is 4.98 Å². The van der Waals surface area contributed by atoms with Crippen molar-refractivity contribution < 1.29 is 4.79 Å². The first kappa shape index (κ1) is 20.4. The largest absolute Gasteiger partial charge is 0.308 e. The van der Waals surface area contributed by atoms with E-state index in [1.54, 1.807) is 21.6 Å². The van der Waals surface area contributed by atoms with E-state index in [-0.39, 0.29) is 11.5 Å². The molecule has 0 spiro atoms. The van der Waals surface area contributed by atoms with Crippen LogP contribution in [-0.4, -0.2) is 22.0 Å². The van der Waals surface area contributed by atoms with Crippen molar-refractivity contribution in [2.45, 2.75) is 13.3 Å². The van der Waals surface area contributed by atoms with Crippen molar-refractivity contribution in [2.75, 3.05) is 11.4 Å². The minimum absolute atomic E-state index is 0.0815. The molecule has 1 aromatic heterocycles. The maximum absolute atomic E-state index is 13.5. The number of amides is 1. The van der Waals surface area contributed by atoms with Crippen LogP contribution in [0.25, 0.3) is 28.2 Å². The summed E-state index contributed by atoms with van der Waals surface area (Å²) < 4.78 is 2.46. The summed E-state index contributed by atoms with van der Waals surface area (Å²) in [6.07, 6.45) is 2.58. The molecule has 4 aromatic rings. The second kappa shape index (κ2) is 8.20. The van der Waals surface area contributed by atoms with Gasteiger partial charge in [0.15, 0.2) is 0 Å². The van der Waals surface area contributed by atoms with Crippen molar-refractivity contribution >= 4 is 50.1 Å². The average Bonchev–Trinajstić information content (AvgIpc) is 3.05. The van der Waals surface area contributed by atoms with E-state index in [1.807, 2.05) is 73.7 Å². The summed E-state index contributed by atoms with van der Waals surface area (Å²) in [5, 5.41) is 0.534. The maximum Gasteiger partial charge on any atom is 0.266 e. The highest BCUT2D eigenvalue weighted by Gasteiger charge is 2.32. The van der Waals surface area contributed by atoms with Gasteiger partial charge in [-0.3, -0.25) is 14.2 Å². The molecule has 158 valence electrons. The third-order valence-electron chi connectivity index (χ3n) is 5.55. The first-order valence-electron chi connectivity index (χ1n) is 10.5. The Kier molecular flexibility index (Phi) is 5.23. The number of para-hydroxylation sites is 2. The van der Waals surface area contributed by atoms with E-state index in [0.29, 0.717) is 34.5 Å².